The molecule has 3 heteroatoms. The molecule has 1 fully saturated rings. The molecule has 0 amide bonds. The second-order valence-corrected chi connectivity index (χ2v) is 5.84. The molecular formula is C16H22F2O. The van der Waals surface area contributed by atoms with Gasteiger partial charge in [-0.05, 0) is 55.7 Å². The molecule has 1 aliphatic carbocycles. The number of aliphatic hydroxyl groups excluding tert-OH is 1. The average molecular weight is 268 g/mol. The van der Waals surface area contributed by atoms with Crippen molar-refractivity contribution in [3.8, 4) is 0 Å². The van der Waals surface area contributed by atoms with Crippen molar-refractivity contribution < 1.29 is 13.9 Å². The Bertz CT molecular complexity index is 412. The Morgan fingerprint density at radius 2 is 1.74 bits per heavy atom. The van der Waals surface area contributed by atoms with Crippen LogP contribution in [-0.2, 0) is 6.42 Å². The molecule has 1 saturated carbocycles. The summed E-state index contributed by atoms with van der Waals surface area (Å²) in [7, 11) is 0. The number of halogens is 2. The third kappa shape index (κ3) is 3.53. The number of rotatable bonds is 3. The number of hydrogen-bond donors (Lipinski definition) is 1. The number of hydrogen-bond acceptors (Lipinski definition) is 1. The van der Waals surface area contributed by atoms with Gasteiger partial charge in [-0.1, -0.05) is 18.2 Å². The van der Waals surface area contributed by atoms with Crippen LogP contribution in [0, 0.1) is 19.8 Å². The van der Waals surface area contributed by atoms with Crippen molar-refractivity contribution in [1.82, 2.24) is 0 Å². The monoisotopic (exact) mass is 268 g/mol. The Morgan fingerprint density at radius 1 is 1.21 bits per heavy atom. The summed E-state index contributed by atoms with van der Waals surface area (Å²) in [5, 5.41) is 10.3. The number of aliphatic hydroxyl groups is 1. The van der Waals surface area contributed by atoms with Crippen LogP contribution in [0.3, 0.4) is 0 Å². The molecule has 0 aliphatic heterocycles. The van der Waals surface area contributed by atoms with E-state index in [4.69, 9.17) is 0 Å². The second kappa shape index (κ2) is 5.58. The van der Waals surface area contributed by atoms with E-state index in [9.17, 15) is 13.9 Å². The van der Waals surface area contributed by atoms with E-state index in [-0.39, 0.29) is 18.8 Å². The minimum absolute atomic E-state index is 0.0126. The molecule has 0 spiro atoms. The minimum atomic E-state index is -2.52. The molecular weight excluding hydrogens is 246 g/mol. The second-order valence-electron chi connectivity index (χ2n) is 5.84. The maximum absolute atomic E-state index is 13.1. The molecule has 0 aromatic heterocycles. The highest BCUT2D eigenvalue weighted by molar-refractivity contribution is 5.34. The van der Waals surface area contributed by atoms with Crippen molar-refractivity contribution in [1.29, 1.82) is 0 Å². The summed E-state index contributed by atoms with van der Waals surface area (Å²) in [5.41, 5.74) is 3.49. The number of alkyl halides is 2. The highest BCUT2D eigenvalue weighted by atomic mass is 19.3. The fourth-order valence-electron chi connectivity index (χ4n) is 2.99. The first-order chi connectivity index (χ1) is 8.89. The molecule has 19 heavy (non-hydrogen) atoms. The van der Waals surface area contributed by atoms with Gasteiger partial charge in [-0.3, -0.25) is 0 Å². The first-order valence-electron chi connectivity index (χ1n) is 7.00. The van der Waals surface area contributed by atoms with Crippen molar-refractivity contribution in [3.05, 3.63) is 34.9 Å². The van der Waals surface area contributed by atoms with E-state index in [1.807, 2.05) is 32.0 Å². The van der Waals surface area contributed by atoms with Gasteiger partial charge in [-0.15, -0.1) is 0 Å². The van der Waals surface area contributed by atoms with Crippen LogP contribution in [0.2, 0.25) is 0 Å². The summed E-state index contributed by atoms with van der Waals surface area (Å²) < 4.78 is 26.2. The summed E-state index contributed by atoms with van der Waals surface area (Å²) in [6.07, 6.45) is 0.770. The van der Waals surface area contributed by atoms with Crippen molar-refractivity contribution >= 4 is 0 Å². The van der Waals surface area contributed by atoms with E-state index in [0.29, 0.717) is 19.3 Å². The van der Waals surface area contributed by atoms with Crippen LogP contribution < -0.4 is 0 Å². The van der Waals surface area contributed by atoms with Gasteiger partial charge in [0.15, 0.2) is 0 Å². The quantitative estimate of drug-likeness (QED) is 0.877. The molecule has 1 N–H and O–H groups in total. The minimum Gasteiger partial charge on any atom is -0.392 e. The van der Waals surface area contributed by atoms with Gasteiger partial charge < -0.3 is 5.11 Å². The van der Waals surface area contributed by atoms with Gasteiger partial charge in [0.1, 0.15) is 0 Å². The number of aryl methyl sites for hydroxylation is 2. The summed E-state index contributed by atoms with van der Waals surface area (Å²) in [6.45, 7) is 4.06. The Hall–Kier alpha value is -0.960. The van der Waals surface area contributed by atoms with Crippen LogP contribution in [0.4, 0.5) is 8.78 Å². The lowest BCUT2D eigenvalue weighted by Gasteiger charge is -2.31. The zero-order valence-electron chi connectivity index (χ0n) is 11.6. The van der Waals surface area contributed by atoms with E-state index in [1.165, 1.54) is 11.1 Å². The summed E-state index contributed by atoms with van der Waals surface area (Å²) in [4.78, 5) is 0. The van der Waals surface area contributed by atoms with Crippen molar-refractivity contribution in [3.63, 3.8) is 0 Å². The lowest BCUT2D eigenvalue weighted by Crippen LogP contribution is -2.32. The van der Waals surface area contributed by atoms with E-state index in [0.717, 1.165) is 5.56 Å². The van der Waals surface area contributed by atoms with Crippen LogP contribution in [0.15, 0.2) is 18.2 Å². The summed E-state index contributed by atoms with van der Waals surface area (Å²) in [5.74, 6) is -2.51. The predicted octanol–water partition coefficient (Wildman–Crippen LogP) is 4.03. The average Bonchev–Trinajstić information content (AvgIpc) is 2.33. The van der Waals surface area contributed by atoms with Crippen LogP contribution in [0.5, 0.6) is 0 Å². The predicted molar refractivity (Wildman–Crippen MR) is 72.5 cm³/mol. The Kier molecular flexibility index (Phi) is 4.24. The van der Waals surface area contributed by atoms with E-state index < -0.39 is 12.0 Å². The van der Waals surface area contributed by atoms with Gasteiger partial charge in [-0.25, -0.2) is 8.78 Å². The lowest BCUT2D eigenvalue weighted by atomic mass is 9.80. The maximum Gasteiger partial charge on any atom is 0.248 e. The highest BCUT2D eigenvalue weighted by Gasteiger charge is 2.37. The maximum atomic E-state index is 13.1. The summed E-state index contributed by atoms with van der Waals surface area (Å²) in [6, 6.07) is 6.07. The topological polar surface area (TPSA) is 20.2 Å². The Labute approximate surface area is 113 Å². The molecule has 0 saturated heterocycles. The van der Waals surface area contributed by atoms with Crippen molar-refractivity contribution in [2.75, 3.05) is 0 Å². The zero-order chi connectivity index (χ0) is 14.0. The van der Waals surface area contributed by atoms with Crippen molar-refractivity contribution in [2.45, 2.75) is 58.0 Å². The molecule has 2 rings (SSSR count). The van der Waals surface area contributed by atoms with Crippen LogP contribution in [0.25, 0.3) is 0 Å². The standard InChI is InChI=1S/C16H22F2O/c1-11-4-3-5-12(2)14(11)10-15(19)13-6-8-16(17,18)9-7-13/h3-5,13,15,19H,6-10H2,1-2H3. The largest absolute Gasteiger partial charge is 0.392 e. The first-order valence-corrected chi connectivity index (χ1v) is 7.00. The summed E-state index contributed by atoms with van der Waals surface area (Å²) >= 11 is 0. The lowest BCUT2D eigenvalue weighted by molar-refractivity contribution is -0.0619. The van der Waals surface area contributed by atoms with Gasteiger partial charge >= 0.3 is 0 Å². The molecule has 1 aromatic carbocycles. The molecule has 0 heterocycles. The molecule has 1 aromatic rings. The van der Waals surface area contributed by atoms with Crippen LogP contribution >= 0.6 is 0 Å². The third-order valence-electron chi connectivity index (χ3n) is 4.36. The van der Waals surface area contributed by atoms with Gasteiger partial charge in [0.2, 0.25) is 5.92 Å². The SMILES string of the molecule is Cc1cccc(C)c1CC(O)C1CCC(F)(F)CC1. The van der Waals surface area contributed by atoms with E-state index in [2.05, 4.69) is 0 Å². The van der Waals surface area contributed by atoms with E-state index in [1.54, 1.807) is 0 Å². The van der Waals surface area contributed by atoms with Crippen LogP contribution in [-0.4, -0.2) is 17.1 Å². The zero-order valence-corrected chi connectivity index (χ0v) is 11.6. The fraction of sp³-hybridized carbons (Fsp3) is 0.625. The molecule has 106 valence electrons. The molecule has 1 aliphatic rings. The first kappa shape index (κ1) is 14.4. The smallest absolute Gasteiger partial charge is 0.248 e. The van der Waals surface area contributed by atoms with Gasteiger partial charge in [0.05, 0.1) is 6.10 Å². The highest BCUT2D eigenvalue weighted by Crippen LogP contribution is 2.38. The number of benzene rings is 1. The fourth-order valence-corrected chi connectivity index (χ4v) is 2.99. The van der Waals surface area contributed by atoms with Crippen molar-refractivity contribution in [2.24, 2.45) is 5.92 Å². The molecule has 1 atom stereocenters. The van der Waals surface area contributed by atoms with Gasteiger partial charge in [-0.2, -0.15) is 0 Å². The Morgan fingerprint density at radius 3 is 2.26 bits per heavy atom. The third-order valence-corrected chi connectivity index (χ3v) is 4.36. The van der Waals surface area contributed by atoms with Crippen LogP contribution in [0.1, 0.15) is 42.4 Å². The molecule has 1 nitrogen and oxygen atoms in total. The van der Waals surface area contributed by atoms with E-state index >= 15 is 0 Å². The van der Waals surface area contributed by atoms with Gasteiger partial charge in [0.25, 0.3) is 0 Å². The Balaban J connectivity index is 2.00. The molecule has 0 bridgehead atoms. The molecule has 1 unspecified atom stereocenters. The molecule has 0 radical (unpaired) electrons. The normalized spacial score (nSPS) is 21.3. The van der Waals surface area contributed by atoms with Gasteiger partial charge in [0, 0.05) is 12.8 Å².